The molecule has 5 heteroatoms. The van der Waals surface area contributed by atoms with E-state index in [1.165, 1.54) is 0 Å². The van der Waals surface area contributed by atoms with Crippen molar-refractivity contribution in [3.05, 3.63) is 59.9 Å². The van der Waals surface area contributed by atoms with E-state index in [4.69, 9.17) is 0 Å². The van der Waals surface area contributed by atoms with Gasteiger partial charge in [-0.1, -0.05) is 18.2 Å². The van der Waals surface area contributed by atoms with Crippen molar-refractivity contribution < 1.29 is 9.59 Å². The molecule has 0 saturated heterocycles. The molecule has 0 bridgehead atoms. The number of pyridine rings is 1. The topological polar surface area (TPSA) is 62.3 Å². The van der Waals surface area contributed by atoms with Crippen LogP contribution in [0.4, 0.5) is 5.69 Å². The summed E-state index contributed by atoms with van der Waals surface area (Å²) >= 11 is 0. The van der Waals surface area contributed by atoms with E-state index in [2.05, 4.69) is 10.3 Å². The summed E-state index contributed by atoms with van der Waals surface area (Å²) in [7, 11) is 0. The fourth-order valence-electron chi connectivity index (χ4n) is 2.30. The van der Waals surface area contributed by atoms with Crippen molar-refractivity contribution in [2.24, 2.45) is 0 Å². The van der Waals surface area contributed by atoms with Crippen LogP contribution in [0.1, 0.15) is 24.5 Å². The van der Waals surface area contributed by atoms with E-state index in [1.54, 1.807) is 17.3 Å². The highest BCUT2D eigenvalue weighted by Gasteiger charge is 2.17. The van der Waals surface area contributed by atoms with E-state index in [0.717, 1.165) is 16.8 Å². The van der Waals surface area contributed by atoms with Gasteiger partial charge in [-0.15, -0.1) is 0 Å². The molecule has 1 aromatic heterocycles. The van der Waals surface area contributed by atoms with Crippen molar-refractivity contribution in [3.8, 4) is 0 Å². The average Bonchev–Trinajstić information content (AvgIpc) is 2.55. The Labute approximate surface area is 136 Å². The zero-order valence-corrected chi connectivity index (χ0v) is 13.5. The highest BCUT2D eigenvalue weighted by molar-refractivity contribution is 6.04. The van der Waals surface area contributed by atoms with Crippen LogP contribution in [-0.2, 0) is 16.1 Å². The molecule has 0 atom stereocenters. The van der Waals surface area contributed by atoms with Crippen LogP contribution in [0.15, 0.2) is 48.8 Å². The summed E-state index contributed by atoms with van der Waals surface area (Å²) in [6, 6.07) is 11.4. The van der Waals surface area contributed by atoms with E-state index in [1.807, 2.05) is 50.2 Å². The lowest BCUT2D eigenvalue weighted by atomic mass is 10.2. The van der Waals surface area contributed by atoms with Crippen molar-refractivity contribution in [2.75, 3.05) is 11.4 Å². The third-order valence-corrected chi connectivity index (χ3v) is 3.45. The van der Waals surface area contributed by atoms with Gasteiger partial charge in [-0.25, -0.2) is 0 Å². The molecule has 1 aromatic carbocycles. The molecule has 2 amide bonds. The van der Waals surface area contributed by atoms with Gasteiger partial charge in [0.1, 0.15) is 6.42 Å². The Bertz CT molecular complexity index is 671. The second-order valence-electron chi connectivity index (χ2n) is 5.29. The minimum atomic E-state index is -0.287. The predicted octanol–water partition coefficient (Wildman–Crippen LogP) is 2.45. The molecule has 0 aliphatic carbocycles. The molecule has 0 radical (unpaired) electrons. The number of benzene rings is 1. The molecular weight excluding hydrogens is 290 g/mol. The van der Waals surface area contributed by atoms with Crippen molar-refractivity contribution in [3.63, 3.8) is 0 Å². The average molecular weight is 311 g/mol. The SMILES string of the molecule is CCN(C(=O)CC(=O)NCc1cccnc1)c1cccc(C)c1. The lowest BCUT2D eigenvalue weighted by Crippen LogP contribution is -2.35. The van der Waals surface area contributed by atoms with Gasteiger partial charge in [-0.2, -0.15) is 0 Å². The monoisotopic (exact) mass is 311 g/mol. The number of hydrogen-bond donors (Lipinski definition) is 1. The maximum absolute atomic E-state index is 12.4. The zero-order valence-electron chi connectivity index (χ0n) is 13.5. The third kappa shape index (κ3) is 4.92. The number of amides is 2. The van der Waals surface area contributed by atoms with Crippen molar-refractivity contribution in [2.45, 2.75) is 26.8 Å². The number of aryl methyl sites for hydroxylation is 1. The summed E-state index contributed by atoms with van der Waals surface area (Å²) < 4.78 is 0. The van der Waals surface area contributed by atoms with Gasteiger partial charge < -0.3 is 10.2 Å². The standard InChI is InChI=1S/C18H21N3O2/c1-3-21(16-8-4-6-14(2)10-16)18(23)11-17(22)20-13-15-7-5-9-19-12-15/h4-10,12H,3,11,13H2,1-2H3,(H,20,22). The van der Waals surface area contributed by atoms with Crippen LogP contribution in [0.5, 0.6) is 0 Å². The molecular formula is C18H21N3O2. The maximum Gasteiger partial charge on any atom is 0.236 e. The summed E-state index contributed by atoms with van der Waals surface area (Å²) in [5.74, 6) is -0.494. The number of anilines is 1. The second-order valence-corrected chi connectivity index (χ2v) is 5.29. The Hall–Kier alpha value is -2.69. The number of hydrogen-bond acceptors (Lipinski definition) is 3. The van der Waals surface area contributed by atoms with Crippen molar-refractivity contribution >= 4 is 17.5 Å². The van der Waals surface area contributed by atoms with Gasteiger partial charge in [0.05, 0.1) is 0 Å². The molecule has 120 valence electrons. The number of aromatic nitrogens is 1. The Morgan fingerprint density at radius 1 is 1.22 bits per heavy atom. The number of nitrogens with one attached hydrogen (secondary N) is 1. The minimum Gasteiger partial charge on any atom is -0.352 e. The van der Waals surface area contributed by atoms with Crippen LogP contribution in [-0.4, -0.2) is 23.3 Å². The Balaban J connectivity index is 1.92. The predicted molar refractivity (Wildman–Crippen MR) is 89.9 cm³/mol. The first-order valence-corrected chi connectivity index (χ1v) is 7.62. The highest BCUT2D eigenvalue weighted by atomic mass is 16.2. The first kappa shape index (κ1) is 16.7. The van der Waals surface area contributed by atoms with E-state index in [0.29, 0.717) is 13.1 Å². The fourth-order valence-corrected chi connectivity index (χ4v) is 2.30. The fraction of sp³-hybridized carbons (Fsp3) is 0.278. The molecule has 0 aliphatic heterocycles. The van der Waals surface area contributed by atoms with Crippen LogP contribution in [0.25, 0.3) is 0 Å². The number of carbonyl (C=O) groups excluding carboxylic acids is 2. The molecule has 0 unspecified atom stereocenters. The highest BCUT2D eigenvalue weighted by Crippen LogP contribution is 2.16. The Morgan fingerprint density at radius 2 is 2.04 bits per heavy atom. The van der Waals surface area contributed by atoms with E-state index >= 15 is 0 Å². The first-order valence-electron chi connectivity index (χ1n) is 7.62. The molecule has 0 spiro atoms. The maximum atomic E-state index is 12.4. The molecule has 0 saturated carbocycles. The van der Waals surface area contributed by atoms with Crippen LogP contribution >= 0.6 is 0 Å². The largest absolute Gasteiger partial charge is 0.352 e. The lowest BCUT2D eigenvalue weighted by Gasteiger charge is -2.21. The van der Waals surface area contributed by atoms with Crippen molar-refractivity contribution in [1.29, 1.82) is 0 Å². The summed E-state index contributed by atoms with van der Waals surface area (Å²) in [6.45, 7) is 4.77. The number of nitrogens with zero attached hydrogens (tertiary/aromatic N) is 2. The number of rotatable bonds is 6. The first-order chi connectivity index (χ1) is 11.1. The van der Waals surface area contributed by atoms with Gasteiger partial charge >= 0.3 is 0 Å². The van der Waals surface area contributed by atoms with Crippen LogP contribution in [0, 0.1) is 6.92 Å². The van der Waals surface area contributed by atoms with Gasteiger partial charge in [-0.3, -0.25) is 14.6 Å². The van der Waals surface area contributed by atoms with Gasteiger partial charge in [0.2, 0.25) is 11.8 Å². The molecule has 2 rings (SSSR count). The summed E-state index contributed by atoms with van der Waals surface area (Å²) in [6.07, 6.45) is 3.20. The van der Waals surface area contributed by atoms with Crippen molar-refractivity contribution in [1.82, 2.24) is 10.3 Å². The number of carbonyl (C=O) groups is 2. The molecule has 5 nitrogen and oxygen atoms in total. The molecule has 0 fully saturated rings. The molecule has 2 aromatic rings. The van der Waals surface area contributed by atoms with E-state index in [-0.39, 0.29) is 18.2 Å². The third-order valence-electron chi connectivity index (χ3n) is 3.45. The summed E-state index contributed by atoms with van der Waals surface area (Å²) in [5, 5.41) is 2.75. The molecule has 1 heterocycles. The van der Waals surface area contributed by atoms with Gasteiger partial charge in [-0.05, 0) is 43.2 Å². The van der Waals surface area contributed by atoms with Crippen LogP contribution in [0.3, 0.4) is 0 Å². The lowest BCUT2D eigenvalue weighted by molar-refractivity contribution is -0.128. The van der Waals surface area contributed by atoms with Gasteiger partial charge in [0, 0.05) is 31.2 Å². The van der Waals surface area contributed by atoms with E-state index in [9.17, 15) is 9.59 Å². The summed E-state index contributed by atoms with van der Waals surface area (Å²) in [5.41, 5.74) is 2.80. The normalized spacial score (nSPS) is 10.2. The smallest absolute Gasteiger partial charge is 0.236 e. The minimum absolute atomic E-state index is 0.165. The second kappa shape index (κ2) is 8.08. The quantitative estimate of drug-likeness (QED) is 0.834. The Morgan fingerprint density at radius 3 is 2.70 bits per heavy atom. The van der Waals surface area contributed by atoms with Gasteiger partial charge in [0.15, 0.2) is 0 Å². The van der Waals surface area contributed by atoms with E-state index < -0.39 is 0 Å². The molecule has 0 aliphatic rings. The summed E-state index contributed by atoms with van der Waals surface area (Å²) in [4.78, 5) is 29.9. The van der Waals surface area contributed by atoms with Crippen LogP contribution < -0.4 is 10.2 Å². The van der Waals surface area contributed by atoms with Crippen LogP contribution in [0.2, 0.25) is 0 Å². The zero-order chi connectivity index (χ0) is 16.7. The molecule has 1 N–H and O–H groups in total. The molecule has 23 heavy (non-hydrogen) atoms. The Kier molecular flexibility index (Phi) is 5.86. The van der Waals surface area contributed by atoms with Gasteiger partial charge in [0.25, 0.3) is 0 Å².